The second-order valence-electron chi connectivity index (χ2n) is 8.04. The van der Waals surface area contributed by atoms with Crippen molar-refractivity contribution in [2.24, 2.45) is 0 Å². The van der Waals surface area contributed by atoms with Gasteiger partial charge in [0.1, 0.15) is 5.75 Å². The van der Waals surface area contributed by atoms with Crippen LogP contribution >= 0.6 is 0 Å². The Morgan fingerprint density at radius 2 is 1.85 bits per heavy atom. The van der Waals surface area contributed by atoms with Crippen LogP contribution in [0.5, 0.6) is 5.75 Å². The Balaban J connectivity index is 1.44. The van der Waals surface area contributed by atoms with Gasteiger partial charge in [0.05, 0.1) is 0 Å². The lowest BCUT2D eigenvalue weighted by atomic mass is 9.99. The van der Waals surface area contributed by atoms with Gasteiger partial charge in [-0.05, 0) is 66.6 Å². The van der Waals surface area contributed by atoms with Crippen molar-refractivity contribution in [3.8, 4) is 28.3 Å². The molecule has 0 radical (unpaired) electrons. The molecule has 0 saturated heterocycles. The quantitative estimate of drug-likeness (QED) is 0.420. The number of ether oxygens (including phenoxy) is 1. The normalized spacial score (nSPS) is 14.0. The van der Waals surface area contributed by atoms with Crippen molar-refractivity contribution in [3.05, 3.63) is 72.1 Å². The Hall–Kier alpha value is -3.92. The smallest absolute Gasteiger partial charge is 0.406 e. The number of pyridine rings is 1. The lowest BCUT2D eigenvalue weighted by Crippen LogP contribution is -2.26. The largest absolute Gasteiger partial charge is 0.573 e. The second kappa shape index (κ2) is 8.79. The molecule has 34 heavy (non-hydrogen) atoms. The first-order chi connectivity index (χ1) is 16.3. The molecule has 0 spiro atoms. The highest BCUT2D eigenvalue weighted by Crippen LogP contribution is 2.34. The lowest BCUT2D eigenvalue weighted by Gasteiger charge is -2.25. The van der Waals surface area contributed by atoms with Crippen molar-refractivity contribution < 1.29 is 22.3 Å². The summed E-state index contributed by atoms with van der Waals surface area (Å²) in [6.45, 7) is 1.87. The fraction of sp³-hybridized carbons (Fsp3) is 0.208. The van der Waals surface area contributed by atoms with Crippen LogP contribution in [0.1, 0.15) is 11.1 Å². The zero-order valence-electron chi connectivity index (χ0n) is 18.1. The second-order valence-corrected chi connectivity index (χ2v) is 8.04. The summed E-state index contributed by atoms with van der Waals surface area (Å²) in [5, 5.41) is 11.1. The molecule has 0 fully saturated rings. The summed E-state index contributed by atoms with van der Waals surface area (Å²) in [5.74, 6) is -0.340. The van der Waals surface area contributed by atoms with Crippen molar-refractivity contribution in [2.75, 3.05) is 18.9 Å². The molecular formula is C24H20F3N5O2. The van der Waals surface area contributed by atoms with E-state index in [9.17, 15) is 13.2 Å². The van der Waals surface area contributed by atoms with Gasteiger partial charge in [-0.2, -0.15) is 0 Å². The summed E-state index contributed by atoms with van der Waals surface area (Å²) in [5.41, 5.74) is 4.68. The molecule has 4 aromatic rings. The molecular weight excluding hydrogens is 447 g/mol. The van der Waals surface area contributed by atoms with Gasteiger partial charge in [-0.25, -0.2) is 0 Å². The van der Waals surface area contributed by atoms with E-state index in [0.717, 1.165) is 25.2 Å². The van der Waals surface area contributed by atoms with Crippen LogP contribution in [0, 0.1) is 0 Å². The molecule has 1 aliphatic heterocycles. The molecule has 0 atom stereocenters. The SMILES string of the molecule is CN1CCc2ccc(Nc3nnc(-c4cc(OC(F)(F)F)cc(-c5cccnc5)c4)o3)cc2C1. The molecule has 5 rings (SSSR count). The third-order valence-corrected chi connectivity index (χ3v) is 5.47. The number of likely N-dealkylation sites (N-methyl/N-ethyl adjacent to an activating group) is 1. The van der Waals surface area contributed by atoms with Crippen LogP contribution in [-0.2, 0) is 13.0 Å². The number of halogens is 3. The highest BCUT2D eigenvalue weighted by molar-refractivity contribution is 5.72. The first-order valence-corrected chi connectivity index (χ1v) is 10.5. The van der Waals surface area contributed by atoms with Crippen LogP contribution in [0.15, 0.2) is 65.3 Å². The summed E-state index contributed by atoms with van der Waals surface area (Å²) in [7, 11) is 2.07. The van der Waals surface area contributed by atoms with E-state index < -0.39 is 12.1 Å². The number of aromatic nitrogens is 3. The number of nitrogens with one attached hydrogen (secondary N) is 1. The van der Waals surface area contributed by atoms with Crippen molar-refractivity contribution in [2.45, 2.75) is 19.3 Å². The fourth-order valence-corrected chi connectivity index (χ4v) is 3.91. The van der Waals surface area contributed by atoms with Gasteiger partial charge < -0.3 is 19.4 Å². The topological polar surface area (TPSA) is 76.3 Å². The molecule has 0 saturated carbocycles. The van der Waals surface area contributed by atoms with E-state index in [1.165, 1.54) is 23.3 Å². The van der Waals surface area contributed by atoms with Gasteiger partial charge >= 0.3 is 12.4 Å². The van der Waals surface area contributed by atoms with Crippen molar-refractivity contribution >= 4 is 11.7 Å². The average Bonchev–Trinajstić information content (AvgIpc) is 3.26. The van der Waals surface area contributed by atoms with Crippen LogP contribution in [-0.4, -0.2) is 40.0 Å². The molecule has 0 bridgehead atoms. The molecule has 2 aromatic heterocycles. The van der Waals surface area contributed by atoms with Gasteiger partial charge in [0, 0.05) is 42.3 Å². The summed E-state index contributed by atoms with van der Waals surface area (Å²) >= 11 is 0. The van der Waals surface area contributed by atoms with E-state index in [2.05, 4.69) is 43.2 Å². The maximum Gasteiger partial charge on any atom is 0.573 e. The van der Waals surface area contributed by atoms with Crippen LogP contribution < -0.4 is 10.1 Å². The number of hydrogen-bond donors (Lipinski definition) is 1. The molecule has 0 aliphatic carbocycles. The summed E-state index contributed by atoms with van der Waals surface area (Å²) in [6.07, 6.45) is -0.723. The fourth-order valence-electron chi connectivity index (χ4n) is 3.91. The van der Waals surface area contributed by atoms with E-state index in [-0.39, 0.29) is 17.5 Å². The van der Waals surface area contributed by atoms with Crippen molar-refractivity contribution in [3.63, 3.8) is 0 Å². The zero-order chi connectivity index (χ0) is 23.7. The average molecular weight is 467 g/mol. The molecule has 3 heterocycles. The van der Waals surface area contributed by atoms with Crippen molar-refractivity contribution in [1.82, 2.24) is 20.1 Å². The third-order valence-electron chi connectivity index (χ3n) is 5.47. The molecule has 1 aliphatic rings. The summed E-state index contributed by atoms with van der Waals surface area (Å²) in [4.78, 5) is 6.27. The third kappa shape index (κ3) is 5.01. The molecule has 0 amide bonds. The van der Waals surface area contributed by atoms with E-state index in [1.54, 1.807) is 30.6 Å². The van der Waals surface area contributed by atoms with Crippen LogP contribution in [0.3, 0.4) is 0 Å². The standard InChI is InChI=1S/C24H20F3N5O2/c1-32-8-6-15-4-5-20(10-19(15)14-32)29-23-31-30-22(33-23)18-9-17(16-3-2-7-28-13-16)11-21(12-18)34-24(25,26)27/h2-5,7,9-13H,6,8,14H2,1H3,(H,29,31). The molecule has 10 heteroatoms. The minimum absolute atomic E-state index is 0.0537. The summed E-state index contributed by atoms with van der Waals surface area (Å²) < 4.78 is 48.6. The Bertz CT molecular complexity index is 1310. The Morgan fingerprint density at radius 1 is 1.00 bits per heavy atom. The summed E-state index contributed by atoms with van der Waals surface area (Å²) in [6, 6.07) is 13.7. The van der Waals surface area contributed by atoms with Gasteiger partial charge in [-0.15, -0.1) is 18.3 Å². The molecule has 1 N–H and O–H groups in total. The Labute approximate surface area is 193 Å². The number of nitrogens with zero attached hydrogens (tertiary/aromatic N) is 4. The van der Waals surface area contributed by atoms with E-state index in [4.69, 9.17) is 4.42 Å². The predicted molar refractivity (Wildman–Crippen MR) is 119 cm³/mol. The number of anilines is 2. The Kier molecular flexibility index (Phi) is 5.66. The van der Waals surface area contributed by atoms with Gasteiger partial charge in [-0.3, -0.25) is 4.98 Å². The number of benzene rings is 2. The lowest BCUT2D eigenvalue weighted by molar-refractivity contribution is -0.274. The predicted octanol–water partition coefficient (Wildman–Crippen LogP) is 5.43. The molecule has 174 valence electrons. The van der Waals surface area contributed by atoms with Crippen LogP contribution in [0.4, 0.5) is 24.9 Å². The van der Waals surface area contributed by atoms with E-state index in [1.807, 2.05) is 12.1 Å². The van der Waals surface area contributed by atoms with Gasteiger partial charge in [0.15, 0.2) is 0 Å². The molecule has 2 aromatic carbocycles. The number of alkyl halides is 3. The highest BCUT2D eigenvalue weighted by atomic mass is 19.4. The van der Waals surface area contributed by atoms with Gasteiger partial charge in [-0.1, -0.05) is 17.2 Å². The van der Waals surface area contributed by atoms with E-state index >= 15 is 0 Å². The minimum atomic E-state index is -4.84. The number of fused-ring (bicyclic) bond motifs is 1. The first-order valence-electron chi connectivity index (χ1n) is 10.5. The minimum Gasteiger partial charge on any atom is -0.406 e. The van der Waals surface area contributed by atoms with Crippen molar-refractivity contribution in [1.29, 1.82) is 0 Å². The number of hydrogen-bond acceptors (Lipinski definition) is 7. The maximum absolute atomic E-state index is 12.9. The Morgan fingerprint density at radius 3 is 2.65 bits per heavy atom. The van der Waals surface area contributed by atoms with E-state index in [0.29, 0.717) is 11.1 Å². The van der Waals surface area contributed by atoms with Crippen LogP contribution in [0.2, 0.25) is 0 Å². The monoisotopic (exact) mass is 467 g/mol. The molecule has 7 nitrogen and oxygen atoms in total. The first kappa shape index (κ1) is 21.9. The highest BCUT2D eigenvalue weighted by Gasteiger charge is 2.31. The van der Waals surface area contributed by atoms with Gasteiger partial charge in [0.2, 0.25) is 5.89 Å². The maximum atomic E-state index is 12.9. The zero-order valence-corrected chi connectivity index (χ0v) is 18.1. The van der Waals surface area contributed by atoms with Crippen LogP contribution in [0.25, 0.3) is 22.6 Å². The van der Waals surface area contributed by atoms with Gasteiger partial charge in [0.25, 0.3) is 0 Å². The molecule has 0 unspecified atom stereocenters. The number of rotatable bonds is 5.